The number of fused-ring (bicyclic) bond motifs is 1. The minimum atomic E-state index is 0.310. The Morgan fingerprint density at radius 3 is 3.08 bits per heavy atom. The van der Waals surface area contributed by atoms with Crippen molar-refractivity contribution in [2.75, 3.05) is 0 Å². The molecule has 0 heterocycles. The average molecular weight is 164 g/mol. The summed E-state index contributed by atoms with van der Waals surface area (Å²) < 4.78 is 0. The lowest BCUT2D eigenvalue weighted by Crippen LogP contribution is -2.38. The molecule has 66 valence electrons. The molecule has 1 heteroatoms. The summed E-state index contributed by atoms with van der Waals surface area (Å²) in [6, 6.07) is 0. The first-order valence-electron chi connectivity index (χ1n) is 4.90. The zero-order valence-electron chi connectivity index (χ0n) is 7.68. The Balaban J connectivity index is 2.25. The zero-order valence-corrected chi connectivity index (χ0v) is 7.68. The number of Topliss-reactive ketones (excluding diaryl/α,β-unsaturated/α-hetero) is 1. The fraction of sp³-hybridized carbons (Fsp3) is 0.727. The highest BCUT2D eigenvalue weighted by Crippen LogP contribution is 2.46. The summed E-state index contributed by atoms with van der Waals surface area (Å²) in [7, 11) is 0. The predicted molar refractivity (Wildman–Crippen MR) is 48.8 cm³/mol. The molecule has 0 saturated heterocycles. The van der Waals surface area contributed by atoms with Gasteiger partial charge in [0.2, 0.25) is 0 Å². The van der Waals surface area contributed by atoms with Gasteiger partial charge in [0.1, 0.15) is 5.78 Å². The molecule has 0 amide bonds. The van der Waals surface area contributed by atoms with E-state index in [9.17, 15) is 4.79 Å². The maximum absolute atomic E-state index is 11.6. The second-order valence-corrected chi connectivity index (χ2v) is 4.44. The van der Waals surface area contributed by atoms with Crippen LogP contribution in [0.15, 0.2) is 12.2 Å². The van der Waals surface area contributed by atoms with Crippen LogP contribution >= 0.6 is 0 Å². The molecule has 1 fully saturated rings. The Hall–Kier alpha value is -0.590. The molecule has 0 aromatic heterocycles. The zero-order chi connectivity index (χ0) is 8.60. The number of hydrogen-bond acceptors (Lipinski definition) is 1. The molecule has 0 unspecified atom stereocenters. The molecule has 0 radical (unpaired) electrons. The van der Waals surface area contributed by atoms with Gasteiger partial charge in [0.15, 0.2) is 0 Å². The summed E-state index contributed by atoms with van der Waals surface area (Å²) in [6.45, 7) is 2.28. The van der Waals surface area contributed by atoms with Crippen LogP contribution in [0.25, 0.3) is 0 Å². The minimum absolute atomic E-state index is 0.310. The number of carbonyl (C=O) groups excluding carboxylic acids is 1. The molecule has 1 saturated carbocycles. The van der Waals surface area contributed by atoms with Crippen LogP contribution in [0.1, 0.15) is 39.0 Å². The van der Waals surface area contributed by atoms with Gasteiger partial charge < -0.3 is 0 Å². The SMILES string of the molecule is C[C@@]12CC=CC[C@@H]1C(=O)CCC2. The molecule has 2 aliphatic rings. The highest BCUT2D eigenvalue weighted by molar-refractivity contribution is 5.83. The lowest BCUT2D eigenvalue weighted by Gasteiger charge is -2.41. The molecule has 1 nitrogen and oxygen atoms in total. The van der Waals surface area contributed by atoms with Crippen LogP contribution in [0.5, 0.6) is 0 Å². The van der Waals surface area contributed by atoms with E-state index in [4.69, 9.17) is 0 Å². The molecule has 0 aromatic carbocycles. The Kier molecular flexibility index (Phi) is 1.82. The average Bonchev–Trinajstić information content (AvgIpc) is 2.04. The molecule has 0 aliphatic heterocycles. The maximum Gasteiger partial charge on any atom is 0.136 e. The van der Waals surface area contributed by atoms with Crippen molar-refractivity contribution in [2.24, 2.45) is 11.3 Å². The van der Waals surface area contributed by atoms with Gasteiger partial charge in [-0.25, -0.2) is 0 Å². The predicted octanol–water partition coefficient (Wildman–Crippen LogP) is 2.71. The quantitative estimate of drug-likeness (QED) is 0.503. The van der Waals surface area contributed by atoms with E-state index in [0.717, 1.165) is 25.7 Å². The van der Waals surface area contributed by atoms with Crippen molar-refractivity contribution in [3.05, 3.63) is 12.2 Å². The van der Waals surface area contributed by atoms with Gasteiger partial charge in [-0.3, -0.25) is 4.79 Å². The van der Waals surface area contributed by atoms with Crippen molar-refractivity contribution in [2.45, 2.75) is 39.0 Å². The number of carbonyl (C=O) groups is 1. The molecule has 0 spiro atoms. The van der Waals surface area contributed by atoms with Crippen LogP contribution in [0.2, 0.25) is 0 Å². The molecule has 0 aromatic rings. The molecule has 2 aliphatic carbocycles. The Morgan fingerprint density at radius 2 is 2.33 bits per heavy atom. The number of rotatable bonds is 0. The van der Waals surface area contributed by atoms with Gasteiger partial charge in [-0.15, -0.1) is 0 Å². The topological polar surface area (TPSA) is 17.1 Å². The number of ketones is 1. The van der Waals surface area contributed by atoms with Crippen LogP contribution in [0, 0.1) is 11.3 Å². The minimum Gasteiger partial charge on any atom is -0.299 e. The molecule has 2 rings (SSSR count). The van der Waals surface area contributed by atoms with Crippen LogP contribution in [-0.4, -0.2) is 5.78 Å². The number of allylic oxidation sites excluding steroid dienone is 2. The van der Waals surface area contributed by atoms with E-state index in [1.54, 1.807) is 0 Å². The fourth-order valence-corrected chi connectivity index (χ4v) is 2.65. The Bertz CT molecular complexity index is 229. The molecule has 12 heavy (non-hydrogen) atoms. The van der Waals surface area contributed by atoms with Gasteiger partial charge in [0.05, 0.1) is 0 Å². The first kappa shape index (κ1) is 8.03. The summed E-state index contributed by atoms with van der Waals surface area (Å²) >= 11 is 0. The van der Waals surface area contributed by atoms with E-state index < -0.39 is 0 Å². The standard InChI is InChI=1S/C11H16O/c1-11-7-3-2-5-9(11)10(12)6-4-8-11/h2-3,9H,4-8H2,1H3/t9-,11+/m1/s1. The smallest absolute Gasteiger partial charge is 0.136 e. The Labute approximate surface area is 73.8 Å². The largest absolute Gasteiger partial charge is 0.299 e. The fourth-order valence-electron chi connectivity index (χ4n) is 2.65. The number of hydrogen-bond donors (Lipinski definition) is 0. The second kappa shape index (κ2) is 2.72. The van der Waals surface area contributed by atoms with Gasteiger partial charge in [-0.05, 0) is 31.1 Å². The van der Waals surface area contributed by atoms with Gasteiger partial charge in [0.25, 0.3) is 0 Å². The highest BCUT2D eigenvalue weighted by atomic mass is 16.1. The normalized spacial score (nSPS) is 41.1. The lowest BCUT2D eigenvalue weighted by molar-refractivity contribution is -0.130. The first-order chi connectivity index (χ1) is 5.72. The molecule has 2 atom stereocenters. The van der Waals surface area contributed by atoms with E-state index in [1.165, 1.54) is 6.42 Å². The highest BCUT2D eigenvalue weighted by Gasteiger charge is 2.41. The third-order valence-electron chi connectivity index (χ3n) is 3.52. The first-order valence-corrected chi connectivity index (χ1v) is 4.90. The van der Waals surface area contributed by atoms with Crippen molar-refractivity contribution in [3.8, 4) is 0 Å². The van der Waals surface area contributed by atoms with Crippen LogP contribution in [-0.2, 0) is 4.79 Å². The Morgan fingerprint density at radius 1 is 1.50 bits per heavy atom. The van der Waals surface area contributed by atoms with Crippen molar-refractivity contribution in [1.82, 2.24) is 0 Å². The summed E-state index contributed by atoms with van der Waals surface area (Å²) in [6.07, 6.45) is 9.71. The van der Waals surface area contributed by atoms with Crippen LogP contribution in [0.4, 0.5) is 0 Å². The van der Waals surface area contributed by atoms with E-state index >= 15 is 0 Å². The summed E-state index contributed by atoms with van der Waals surface area (Å²) in [4.78, 5) is 11.6. The van der Waals surface area contributed by atoms with E-state index in [-0.39, 0.29) is 0 Å². The van der Waals surface area contributed by atoms with Gasteiger partial charge >= 0.3 is 0 Å². The van der Waals surface area contributed by atoms with Gasteiger partial charge in [-0.2, -0.15) is 0 Å². The summed E-state index contributed by atoms with van der Waals surface area (Å²) in [5.74, 6) is 0.851. The van der Waals surface area contributed by atoms with Crippen molar-refractivity contribution < 1.29 is 4.79 Å². The monoisotopic (exact) mass is 164 g/mol. The molecular formula is C11H16O. The summed E-state index contributed by atoms with van der Waals surface area (Å²) in [5, 5.41) is 0. The lowest BCUT2D eigenvalue weighted by atomic mass is 9.62. The third kappa shape index (κ3) is 1.12. The van der Waals surface area contributed by atoms with Crippen LogP contribution < -0.4 is 0 Å². The van der Waals surface area contributed by atoms with Gasteiger partial charge in [0, 0.05) is 12.3 Å². The van der Waals surface area contributed by atoms with Crippen molar-refractivity contribution in [1.29, 1.82) is 0 Å². The van der Waals surface area contributed by atoms with Crippen molar-refractivity contribution >= 4 is 5.78 Å². The van der Waals surface area contributed by atoms with Gasteiger partial charge in [-0.1, -0.05) is 19.1 Å². The van der Waals surface area contributed by atoms with E-state index in [2.05, 4.69) is 19.1 Å². The van der Waals surface area contributed by atoms with E-state index in [1.807, 2.05) is 0 Å². The van der Waals surface area contributed by atoms with Crippen molar-refractivity contribution in [3.63, 3.8) is 0 Å². The molecule has 0 N–H and O–H groups in total. The second-order valence-electron chi connectivity index (χ2n) is 4.44. The molecule has 0 bridgehead atoms. The third-order valence-corrected chi connectivity index (χ3v) is 3.52. The summed E-state index contributed by atoms with van der Waals surface area (Å²) in [5.41, 5.74) is 0.310. The molecular weight excluding hydrogens is 148 g/mol. The maximum atomic E-state index is 11.6. The van der Waals surface area contributed by atoms with Crippen LogP contribution in [0.3, 0.4) is 0 Å². The van der Waals surface area contributed by atoms with E-state index in [0.29, 0.717) is 17.1 Å².